The number of anilines is 2. The Bertz CT molecular complexity index is 910. The van der Waals surface area contributed by atoms with E-state index in [2.05, 4.69) is 15.4 Å². The zero-order chi connectivity index (χ0) is 16.4. The number of aromatic carboxylic acids is 1. The molecule has 23 heavy (non-hydrogen) atoms. The molecular weight excluding hydrogens is 296 g/mol. The first-order chi connectivity index (χ1) is 11.0. The Morgan fingerprint density at radius 1 is 1.22 bits per heavy atom. The molecule has 1 aromatic heterocycles. The number of aromatic amines is 1. The predicted molar refractivity (Wildman–Crippen MR) is 85.6 cm³/mol. The van der Waals surface area contributed by atoms with Gasteiger partial charge in [-0.05, 0) is 48.9 Å². The van der Waals surface area contributed by atoms with Crippen molar-refractivity contribution in [3.8, 4) is 5.69 Å². The van der Waals surface area contributed by atoms with Crippen LogP contribution in [0.3, 0.4) is 0 Å². The van der Waals surface area contributed by atoms with E-state index in [0.717, 1.165) is 5.56 Å². The lowest BCUT2D eigenvalue weighted by Crippen LogP contribution is -2.15. The lowest BCUT2D eigenvalue weighted by molar-refractivity contribution is 0.0697. The van der Waals surface area contributed by atoms with Crippen molar-refractivity contribution in [3.05, 3.63) is 70.1 Å². The lowest BCUT2D eigenvalue weighted by Gasteiger charge is -2.03. The molecule has 0 spiro atoms. The number of nitrogens with zero attached hydrogens (tertiary/aromatic N) is 2. The lowest BCUT2D eigenvalue weighted by atomic mass is 10.2. The van der Waals surface area contributed by atoms with Crippen LogP contribution < -0.4 is 11.0 Å². The number of carboxylic acid groups (broad SMARTS) is 1. The molecule has 0 atom stereocenters. The quantitative estimate of drug-likeness (QED) is 0.686. The van der Waals surface area contributed by atoms with Crippen LogP contribution in [-0.4, -0.2) is 25.8 Å². The van der Waals surface area contributed by atoms with Crippen molar-refractivity contribution in [1.82, 2.24) is 14.8 Å². The van der Waals surface area contributed by atoms with E-state index >= 15 is 0 Å². The third kappa shape index (κ3) is 3.13. The van der Waals surface area contributed by atoms with E-state index in [9.17, 15) is 9.59 Å². The molecule has 0 aliphatic carbocycles. The molecule has 3 N–H and O–H groups in total. The Morgan fingerprint density at radius 2 is 1.96 bits per heavy atom. The molecule has 0 unspecified atom stereocenters. The van der Waals surface area contributed by atoms with E-state index in [0.29, 0.717) is 11.4 Å². The van der Waals surface area contributed by atoms with E-state index in [1.54, 1.807) is 18.2 Å². The molecule has 116 valence electrons. The number of carbonyl (C=O) groups is 1. The molecule has 0 amide bonds. The van der Waals surface area contributed by atoms with Gasteiger partial charge in [-0.15, -0.1) is 5.10 Å². The van der Waals surface area contributed by atoms with Crippen molar-refractivity contribution in [1.29, 1.82) is 0 Å². The summed E-state index contributed by atoms with van der Waals surface area (Å²) in [5.41, 5.74) is 2.14. The molecule has 7 nitrogen and oxygen atoms in total. The van der Waals surface area contributed by atoms with Crippen molar-refractivity contribution < 1.29 is 9.90 Å². The van der Waals surface area contributed by atoms with Crippen LogP contribution in [0.5, 0.6) is 0 Å². The van der Waals surface area contributed by atoms with E-state index in [4.69, 9.17) is 5.11 Å². The Kier molecular flexibility index (Phi) is 3.68. The maximum absolute atomic E-state index is 12.0. The van der Waals surface area contributed by atoms with Crippen LogP contribution in [0.2, 0.25) is 0 Å². The maximum Gasteiger partial charge on any atom is 0.349 e. The van der Waals surface area contributed by atoms with E-state index in [1.165, 1.54) is 16.8 Å². The Labute approximate surface area is 131 Å². The largest absolute Gasteiger partial charge is 0.478 e. The van der Waals surface area contributed by atoms with Crippen LogP contribution in [0.1, 0.15) is 15.9 Å². The van der Waals surface area contributed by atoms with Crippen molar-refractivity contribution >= 4 is 17.6 Å². The summed E-state index contributed by atoms with van der Waals surface area (Å²) in [6, 6.07) is 13.6. The molecule has 0 fully saturated rings. The summed E-state index contributed by atoms with van der Waals surface area (Å²) in [7, 11) is 0. The van der Waals surface area contributed by atoms with E-state index < -0.39 is 5.97 Å². The Balaban J connectivity index is 1.86. The first kappa shape index (κ1) is 14.6. The second-order valence-electron chi connectivity index (χ2n) is 5.04. The van der Waals surface area contributed by atoms with Gasteiger partial charge in [0, 0.05) is 5.69 Å². The van der Waals surface area contributed by atoms with Gasteiger partial charge in [-0.1, -0.05) is 12.1 Å². The number of hydrogen-bond donors (Lipinski definition) is 3. The summed E-state index contributed by atoms with van der Waals surface area (Å²) in [6.07, 6.45) is 0. The van der Waals surface area contributed by atoms with Gasteiger partial charge < -0.3 is 10.4 Å². The normalized spacial score (nSPS) is 10.5. The van der Waals surface area contributed by atoms with Crippen LogP contribution in [0.15, 0.2) is 53.3 Å². The minimum absolute atomic E-state index is 0.189. The summed E-state index contributed by atoms with van der Waals surface area (Å²) in [5, 5.41) is 16.0. The molecule has 0 aliphatic rings. The Morgan fingerprint density at radius 3 is 2.61 bits per heavy atom. The van der Waals surface area contributed by atoms with Crippen LogP contribution in [-0.2, 0) is 0 Å². The van der Waals surface area contributed by atoms with Gasteiger partial charge in [0.1, 0.15) is 0 Å². The smallest absolute Gasteiger partial charge is 0.349 e. The standard InChI is InChI=1S/C16H14N4O3/c1-10-3-2-4-13(9-10)20-16(23)18-15(19-20)17-12-7-5-11(6-8-12)14(21)22/h2-9H,1H3,(H,21,22)(H2,17,18,19,23). The number of benzene rings is 2. The number of aromatic nitrogens is 3. The fourth-order valence-corrected chi connectivity index (χ4v) is 2.15. The highest BCUT2D eigenvalue weighted by molar-refractivity contribution is 5.88. The molecule has 2 aromatic carbocycles. The molecule has 3 rings (SSSR count). The molecule has 1 heterocycles. The highest BCUT2D eigenvalue weighted by Crippen LogP contribution is 2.14. The van der Waals surface area contributed by atoms with Gasteiger partial charge in [-0.2, -0.15) is 4.68 Å². The molecule has 3 aromatic rings. The minimum Gasteiger partial charge on any atom is -0.478 e. The molecule has 7 heteroatoms. The average molecular weight is 310 g/mol. The maximum atomic E-state index is 12.0. The summed E-state index contributed by atoms with van der Waals surface area (Å²) >= 11 is 0. The summed E-state index contributed by atoms with van der Waals surface area (Å²) in [4.78, 5) is 25.4. The third-order valence-corrected chi connectivity index (χ3v) is 3.26. The number of H-pyrrole nitrogens is 1. The average Bonchev–Trinajstić information content (AvgIpc) is 2.88. The monoisotopic (exact) mass is 310 g/mol. The number of aryl methyl sites for hydroxylation is 1. The molecule has 0 saturated carbocycles. The number of hydrogen-bond acceptors (Lipinski definition) is 4. The van der Waals surface area contributed by atoms with Gasteiger partial charge in [0.2, 0.25) is 5.95 Å². The highest BCUT2D eigenvalue weighted by atomic mass is 16.4. The van der Waals surface area contributed by atoms with Gasteiger partial charge in [-0.25, -0.2) is 9.59 Å². The summed E-state index contributed by atoms with van der Waals surface area (Å²) in [5.74, 6) is -0.715. The summed E-state index contributed by atoms with van der Waals surface area (Å²) in [6.45, 7) is 1.93. The van der Waals surface area contributed by atoms with Crippen LogP contribution in [0.4, 0.5) is 11.6 Å². The molecule has 0 radical (unpaired) electrons. The fraction of sp³-hybridized carbons (Fsp3) is 0.0625. The van der Waals surface area contributed by atoms with E-state index in [-0.39, 0.29) is 17.2 Å². The second kappa shape index (κ2) is 5.80. The second-order valence-corrected chi connectivity index (χ2v) is 5.04. The molecule has 0 aliphatic heterocycles. The SMILES string of the molecule is Cc1cccc(-n2nc(Nc3ccc(C(=O)O)cc3)[nH]c2=O)c1. The van der Waals surface area contributed by atoms with Crippen LogP contribution >= 0.6 is 0 Å². The Hall–Kier alpha value is -3.35. The minimum atomic E-state index is -0.992. The van der Waals surface area contributed by atoms with Gasteiger partial charge >= 0.3 is 11.7 Å². The van der Waals surface area contributed by atoms with Gasteiger partial charge in [-0.3, -0.25) is 4.98 Å². The van der Waals surface area contributed by atoms with Gasteiger partial charge in [0.15, 0.2) is 0 Å². The first-order valence-corrected chi connectivity index (χ1v) is 6.90. The fourth-order valence-electron chi connectivity index (χ4n) is 2.15. The van der Waals surface area contributed by atoms with Crippen molar-refractivity contribution in [2.45, 2.75) is 6.92 Å². The summed E-state index contributed by atoms with van der Waals surface area (Å²) < 4.78 is 1.26. The zero-order valence-corrected chi connectivity index (χ0v) is 12.3. The number of nitrogens with one attached hydrogen (secondary N) is 2. The van der Waals surface area contributed by atoms with Gasteiger partial charge in [0.05, 0.1) is 11.3 Å². The van der Waals surface area contributed by atoms with E-state index in [1.807, 2.05) is 25.1 Å². The molecular formula is C16H14N4O3. The molecule has 0 saturated heterocycles. The number of carboxylic acids is 1. The topological polar surface area (TPSA) is 100 Å². The third-order valence-electron chi connectivity index (χ3n) is 3.26. The van der Waals surface area contributed by atoms with Crippen molar-refractivity contribution in [2.75, 3.05) is 5.32 Å². The molecule has 0 bridgehead atoms. The van der Waals surface area contributed by atoms with Crippen molar-refractivity contribution in [2.24, 2.45) is 0 Å². The number of rotatable bonds is 4. The zero-order valence-electron chi connectivity index (χ0n) is 12.3. The van der Waals surface area contributed by atoms with Crippen LogP contribution in [0, 0.1) is 6.92 Å². The van der Waals surface area contributed by atoms with Crippen molar-refractivity contribution in [3.63, 3.8) is 0 Å². The highest BCUT2D eigenvalue weighted by Gasteiger charge is 2.08. The first-order valence-electron chi connectivity index (χ1n) is 6.90. The van der Waals surface area contributed by atoms with Gasteiger partial charge in [0.25, 0.3) is 0 Å². The van der Waals surface area contributed by atoms with Crippen LogP contribution in [0.25, 0.3) is 5.69 Å². The predicted octanol–water partition coefficient (Wildman–Crippen LogP) is 2.31.